The second-order valence-electron chi connectivity index (χ2n) is 13.6. The van der Waals surface area contributed by atoms with E-state index in [0.29, 0.717) is 78.4 Å². The Morgan fingerprint density at radius 1 is 0.435 bits per heavy atom. The van der Waals surface area contributed by atoms with Crippen LogP contribution < -0.4 is 28.4 Å². The van der Waals surface area contributed by atoms with Gasteiger partial charge in [0.25, 0.3) is 0 Å². The fourth-order valence-corrected chi connectivity index (χ4v) is 6.62. The fourth-order valence-electron chi connectivity index (χ4n) is 6.62. The summed E-state index contributed by atoms with van der Waals surface area (Å²) in [6, 6.07) is 38.1. The lowest BCUT2D eigenvalue weighted by atomic mass is 10.0. The zero-order valence-electron chi connectivity index (χ0n) is 32.4. The quantitative estimate of drug-likeness (QED) is 0.0984. The minimum atomic E-state index is -4.81. The maximum absolute atomic E-state index is 13.8. The van der Waals surface area contributed by atoms with Crippen molar-refractivity contribution in [1.82, 2.24) is 9.97 Å². The second kappa shape index (κ2) is 16.7. The smallest absolute Gasteiger partial charge is 0.457 e. The molecule has 6 aromatic carbocycles. The van der Waals surface area contributed by atoms with E-state index in [4.69, 9.17) is 28.9 Å². The molecule has 2 aromatic heterocycles. The highest BCUT2D eigenvalue weighted by Gasteiger charge is 2.32. The van der Waals surface area contributed by atoms with Crippen molar-refractivity contribution in [3.63, 3.8) is 0 Å². The third-order valence-electron chi connectivity index (χ3n) is 9.37. The van der Waals surface area contributed by atoms with Gasteiger partial charge in [0.2, 0.25) is 0 Å². The minimum absolute atomic E-state index is 0.228. The second-order valence-corrected chi connectivity index (χ2v) is 13.6. The highest BCUT2D eigenvalue weighted by atomic mass is 19.4. The molecule has 0 aliphatic rings. The van der Waals surface area contributed by atoms with Crippen molar-refractivity contribution in [3.05, 3.63) is 157 Å². The number of alkyl halides is 6. The highest BCUT2D eigenvalue weighted by molar-refractivity contribution is 5.94. The van der Waals surface area contributed by atoms with Gasteiger partial charge in [0.15, 0.2) is 0 Å². The van der Waals surface area contributed by atoms with Crippen LogP contribution in [0.4, 0.5) is 31.1 Å². The number of benzene rings is 6. The van der Waals surface area contributed by atoms with Crippen LogP contribution in [0.3, 0.4) is 0 Å². The molecule has 0 N–H and O–H groups in total. The molecule has 2 heterocycles. The first-order valence-electron chi connectivity index (χ1n) is 18.6. The van der Waals surface area contributed by atoms with Crippen LogP contribution in [0.15, 0.2) is 146 Å². The first-order chi connectivity index (χ1) is 29.7. The normalized spacial score (nSPS) is 11.6. The Morgan fingerprint density at radius 2 is 0.742 bits per heavy atom. The molecule has 0 fully saturated rings. The first-order valence-corrected chi connectivity index (χ1v) is 18.6. The molecule has 0 spiro atoms. The molecule has 0 saturated heterocycles. The Balaban J connectivity index is 1.03. The number of fused-ring (bicyclic) bond motifs is 2. The van der Waals surface area contributed by atoms with Crippen LogP contribution in [-0.2, 0) is 0 Å². The summed E-state index contributed by atoms with van der Waals surface area (Å²) >= 11 is 0. The van der Waals surface area contributed by atoms with Gasteiger partial charge in [-0.2, -0.15) is 0 Å². The lowest BCUT2D eigenvalue weighted by molar-refractivity contribution is -0.275. The first kappa shape index (κ1) is 40.9. The van der Waals surface area contributed by atoms with Crippen molar-refractivity contribution >= 4 is 28.0 Å². The summed E-state index contributed by atoms with van der Waals surface area (Å²) in [5, 5.41) is 1.13. The summed E-state index contributed by atoms with van der Waals surface area (Å²) in [6.07, 6.45) is -10.6. The summed E-state index contributed by atoms with van der Waals surface area (Å²) < 4.78 is 107. The molecule has 9 nitrogen and oxygen atoms in total. The van der Waals surface area contributed by atoms with Gasteiger partial charge >= 0.3 is 18.9 Å². The van der Waals surface area contributed by atoms with Crippen molar-refractivity contribution in [1.29, 1.82) is 0 Å². The molecule has 0 bridgehead atoms. The Hall–Kier alpha value is -7.81. The lowest BCUT2D eigenvalue weighted by Crippen LogP contribution is -2.16. The van der Waals surface area contributed by atoms with E-state index in [0.717, 1.165) is 24.3 Å². The van der Waals surface area contributed by atoms with Crippen molar-refractivity contribution in [3.8, 4) is 68.5 Å². The van der Waals surface area contributed by atoms with Crippen LogP contribution >= 0.6 is 0 Å². The number of para-hydroxylation sites is 2. The molecular weight excluding hydrogens is 819 g/mol. The number of rotatable bonds is 10. The maximum Gasteiger partial charge on any atom is 0.573 e. The molecule has 62 heavy (non-hydrogen) atoms. The molecule has 15 heteroatoms. The Labute approximate surface area is 348 Å². The monoisotopic (exact) mass is 848 g/mol. The average Bonchev–Trinajstić information content (AvgIpc) is 3.24. The molecule has 312 valence electrons. The molecule has 0 aliphatic carbocycles. The summed E-state index contributed by atoms with van der Waals surface area (Å²) in [4.78, 5) is 23.6. The van der Waals surface area contributed by atoms with Crippen LogP contribution in [-0.4, -0.2) is 28.8 Å². The molecule has 8 rings (SSSR count). The van der Waals surface area contributed by atoms with Crippen molar-refractivity contribution in [2.45, 2.75) is 26.6 Å². The molecule has 8 aromatic rings. The zero-order chi connectivity index (χ0) is 43.6. The predicted octanol–water partition coefficient (Wildman–Crippen LogP) is 13.7. The Morgan fingerprint density at radius 3 is 1.08 bits per heavy atom. The van der Waals surface area contributed by atoms with Crippen LogP contribution in [0.1, 0.15) is 11.1 Å². The molecule has 0 unspecified atom stereocenters. The number of carbonyl (C=O) groups is 1. The van der Waals surface area contributed by atoms with Crippen LogP contribution in [0.5, 0.6) is 46.0 Å². The Kier molecular flexibility index (Phi) is 11.0. The van der Waals surface area contributed by atoms with E-state index in [1.54, 1.807) is 111 Å². The van der Waals surface area contributed by atoms with Gasteiger partial charge in [-0.25, -0.2) is 14.8 Å². The van der Waals surface area contributed by atoms with Gasteiger partial charge in [-0.05, 0) is 135 Å². The molecular formula is C47H30F6N2O7. The van der Waals surface area contributed by atoms with Gasteiger partial charge in [0.1, 0.15) is 46.0 Å². The predicted molar refractivity (Wildman–Crippen MR) is 217 cm³/mol. The number of hydrogen-bond acceptors (Lipinski definition) is 9. The molecule has 0 amide bonds. The van der Waals surface area contributed by atoms with Gasteiger partial charge in [-0.15, -0.1) is 26.3 Å². The van der Waals surface area contributed by atoms with Gasteiger partial charge < -0.3 is 28.4 Å². The number of carbonyl (C=O) groups excluding carboxylic acids is 1. The lowest BCUT2D eigenvalue weighted by Gasteiger charge is -2.17. The molecule has 0 aliphatic heterocycles. The van der Waals surface area contributed by atoms with E-state index in [1.165, 1.54) is 24.3 Å². The maximum atomic E-state index is 13.8. The van der Waals surface area contributed by atoms with Gasteiger partial charge in [-0.3, -0.25) is 0 Å². The number of nitrogens with zero attached hydrogens (tertiary/aromatic N) is 2. The average molecular weight is 849 g/mol. The Bertz CT molecular complexity index is 2710. The third kappa shape index (κ3) is 9.47. The van der Waals surface area contributed by atoms with E-state index >= 15 is 0 Å². The summed E-state index contributed by atoms with van der Waals surface area (Å²) in [6.45, 7) is 3.53. The van der Waals surface area contributed by atoms with Crippen LogP contribution in [0, 0.1) is 13.8 Å². The third-order valence-corrected chi connectivity index (χ3v) is 9.37. The molecule has 0 saturated carbocycles. The van der Waals surface area contributed by atoms with Crippen LogP contribution in [0.25, 0.3) is 44.3 Å². The van der Waals surface area contributed by atoms with E-state index in [2.05, 4.69) is 9.47 Å². The number of hydrogen-bond donors (Lipinski definition) is 0. The molecule has 0 atom stereocenters. The van der Waals surface area contributed by atoms with Crippen molar-refractivity contribution < 1.29 is 59.6 Å². The van der Waals surface area contributed by atoms with E-state index < -0.39 is 18.9 Å². The van der Waals surface area contributed by atoms with E-state index in [9.17, 15) is 31.1 Å². The van der Waals surface area contributed by atoms with E-state index in [1.807, 2.05) is 0 Å². The summed E-state index contributed by atoms with van der Waals surface area (Å²) in [5.41, 5.74) is 4.53. The van der Waals surface area contributed by atoms with E-state index in [-0.39, 0.29) is 23.0 Å². The van der Waals surface area contributed by atoms with Gasteiger partial charge in [0, 0.05) is 33.0 Å². The summed E-state index contributed by atoms with van der Waals surface area (Å²) in [7, 11) is 0. The number of halogens is 6. The van der Waals surface area contributed by atoms with Gasteiger partial charge in [-0.1, -0.05) is 24.3 Å². The van der Waals surface area contributed by atoms with Crippen molar-refractivity contribution in [2.24, 2.45) is 0 Å². The fraction of sp³-hybridized carbons (Fsp3) is 0.0851. The van der Waals surface area contributed by atoms with Crippen molar-refractivity contribution in [2.75, 3.05) is 0 Å². The topological polar surface area (TPSA) is 98.2 Å². The van der Waals surface area contributed by atoms with Gasteiger partial charge in [0.05, 0.1) is 22.4 Å². The SMILES string of the molecule is Cc1c(-c2ccc(Oc3ccc(OC(F)(F)F)cc3)cc2)nc2ccccc2c1OC(=O)Oc1c(C)c(-c2ccc(Oc3ccc(OC(F)(F)F)cc3)cc2)nc2ccccc12. The molecule has 0 radical (unpaired) electrons. The standard InChI is InChI=1S/C47H30F6N2O7/c1-27-41(29-11-15-31(16-12-29)57-33-19-23-35(24-20-33)61-46(48,49)50)54-39-9-5-3-7-37(39)43(27)59-45(56)60-44-28(2)42(55-40-10-6-4-8-38(40)44)30-13-17-32(18-14-30)58-34-21-25-36(26-22-34)62-47(51,52)53/h3-26H,1-2H3. The number of aromatic nitrogens is 2. The van der Waals surface area contributed by atoms with Crippen LogP contribution in [0.2, 0.25) is 0 Å². The largest absolute Gasteiger partial charge is 0.573 e. The summed E-state index contributed by atoms with van der Waals surface area (Å²) in [5.74, 6) is 1.12. The zero-order valence-corrected chi connectivity index (χ0v) is 32.4. The number of ether oxygens (including phenoxy) is 6. The minimum Gasteiger partial charge on any atom is -0.457 e. The number of pyridine rings is 2. The highest BCUT2D eigenvalue weighted by Crippen LogP contribution is 2.39.